The predicted molar refractivity (Wildman–Crippen MR) is 63.7 cm³/mol. The number of terminal acetylenes is 1. The fourth-order valence-corrected chi connectivity index (χ4v) is 2.07. The van der Waals surface area contributed by atoms with Gasteiger partial charge in [-0.1, -0.05) is 6.92 Å². The van der Waals surface area contributed by atoms with Gasteiger partial charge in [-0.3, -0.25) is 0 Å². The summed E-state index contributed by atoms with van der Waals surface area (Å²) >= 11 is 0. The van der Waals surface area contributed by atoms with E-state index in [0.717, 1.165) is 25.6 Å². The molecule has 86 valence electrons. The minimum atomic E-state index is 0.457. The highest BCUT2D eigenvalue weighted by molar-refractivity contribution is 4.83. The minimum absolute atomic E-state index is 0.457. The number of rotatable bonds is 6. The summed E-state index contributed by atoms with van der Waals surface area (Å²) in [7, 11) is 0. The van der Waals surface area contributed by atoms with Crippen LogP contribution in [0.15, 0.2) is 0 Å². The summed E-state index contributed by atoms with van der Waals surface area (Å²) in [5.74, 6) is 2.61. The fraction of sp³-hybridized carbons (Fsp3) is 0.846. The second kappa shape index (κ2) is 7.73. The van der Waals surface area contributed by atoms with E-state index < -0.39 is 0 Å². The quantitative estimate of drug-likeness (QED) is 0.535. The second-order valence-electron chi connectivity index (χ2n) is 4.25. The van der Waals surface area contributed by atoms with Crippen LogP contribution in [-0.4, -0.2) is 25.3 Å². The van der Waals surface area contributed by atoms with Crippen molar-refractivity contribution in [3.8, 4) is 12.3 Å². The highest BCUT2D eigenvalue weighted by Crippen LogP contribution is 2.21. The van der Waals surface area contributed by atoms with E-state index in [1.807, 2.05) is 0 Å². The van der Waals surface area contributed by atoms with Gasteiger partial charge in [0.25, 0.3) is 0 Å². The molecule has 2 nitrogen and oxygen atoms in total. The standard InChI is InChI=1S/C13H23NO/c1-3-5-11-15-13-8-6-12(7-9-13)14-10-4-2/h1,12-14H,4-11H2,2H3. The van der Waals surface area contributed by atoms with Gasteiger partial charge < -0.3 is 10.1 Å². The van der Waals surface area contributed by atoms with Gasteiger partial charge in [-0.25, -0.2) is 0 Å². The van der Waals surface area contributed by atoms with E-state index in [1.165, 1.54) is 32.1 Å². The summed E-state index contributed by atoms with van der Waals surface area (Å²) in [5.41, 5.74) is 0. The Morgan fingerprint density at radius 1 is 1.33 bits per heavy atom. The second-order valence-corrected chi connectivity index (χ2v) is 4.25. The van der Waals surface area contributed by atoms with E-state index in [-0.39, 0.29) is 0 Å². The molecule has 0 saturated heterocycles. The van der Waals surface area contributed by atoms with Crippen LogP contribution in [0.5, 0.6) is 0 Å². The van der Waals surface area contributed by atoms with Crippen LogP contribution in [0.3, 0.4) is 0 Å². The van der Waals surface area contributed by atoms with E-state index in [4.69, 9.17) is 11.2 Å². The Morgan fingerprint density at radius 2 is 2.07 bits per heavy atom. The number of hydrogen-bond donors (Lipinski definition) is 1. The van der Waals surface area contributed by atoms with Crippen molar-refractivity contribution in [3.63, 3.8) is 0 Å². The maximum Gasteiger partial charge on any atom is 0.0579 e. The Balaban J connectivity index is 2.05. The molecule has 15 heavy (non-hydrogen) atoms. The lowest BCUT2D eigenvalue weighted by Crippen LogP contribution is -2.35. The van der Waals surface area contributed by atoms with Crippen LogP contribution in [0.4, 0.5) is 0 Å². The summed E-state index contributed by atoms with van der Waals surface area (Å²) in [6.07, 6.45) is 12.5. The molecule has 0 aromatic carbocycles. The summed E-state index contributed by atoms with van der Waals surface area (Å²) in [4.78, 5) is 0. The van der Waals surface area contributed by atoms with Crippen molar-refractivity contribution in [2.75, 3.05) is 13.2 Å². The van der Waals surface area contributed by atoms with E-state index in [2.05, 4.69) is 18.2 Å². The van der Waals surface area contributed by atoms with E-state index in [1.54, 1.807) is 0 Å². The van der Waals surface area contributed by atoms with Gasteiger partial charge in [0.1, 0.15) is 0 Å². The van der Waals surface area contributed by atoms with Crippen LogP contribution in [0, 0.1) is 12.3 Å². The zero-order valence-electron chi connectivity index (χ0n) is 9.80. The molecule has 1 saturated carbocycles. The van der Waals surface area contributed by atoms with Gasteiger partial charge in [-0.05, 0) is 38.6 Å². The zero-order chi connectivity index (χ0) is 10.9. The van der Waals surface area contributed by atoms with Crippen molar-refractivity contribution < 1.29 is 4.74 Å². The van der Waals surface area contributed by atoms with Gasteiger partial charge in [0.2, 0.25) is 0 Å². The molecule has 0 aliphatic heterocycles. The zero-order valence-corrected chi connectivity index (χ0v) is 9.80. The highest BCUT2D eigenvalue weighted by Gasteiger charge is 2.20. The van der Waals surface area contributed by atoms with Crippen LogP contribution in [0.2, 0.25) is 0 Å². The maximum absolute atomic E-state index is 5.71. The first kappa shape index (κ1) is 12.5. The average molecular weight is 209 g/mol. The molecule has 1 aliphatic rings. The molecule has 1 fully saturated rings. The fourth-order valence-electron chi connectivity index (χ4n) is 2.07. The first-order valence-corrected chi connectivity index (χ1v) is 6.15. The highest BCUT2D eigenvalue weighted by atomic mass is 16.5. The van der Waals surface area contributed by atoms with Gasteiger partial charge in [-0.2, -0.15) is 0 Å². The smallest absolute Gasteiger partial charge is 0.0579 e. The summed E-state index contributed by atoms with van der Waals surface area (Å²) in [6.45, 7) is 4.09. The Labute approximate surface area is 93.8 Å². The molecule has 0 atom stereocenters. The third-order valence-electron chi connectivity index (χ3n) is 2.96. The van der Waals surface area contributed by atoms with Crippen LogP contribution in [0.1, 0.15) is 45.4 Å². The summed E-state index contributed by atoms with van der Waals surface area (Å²) < 4.78 is 5.71. The normalized spacial score (nSPS) is 26.1. The van der Waals surface area contributed by atoms with Gasteiger partial charge >= 0.3 is 0 Å². The van der Waals surface area contributed by atoms with Crippen LogP contribution in [-0.2, 0) is 4.74 Å². The Kier molecular flexibility index (Phi) is 6.47. The number of hydrogen-bond acceptors (Lipinski definition) is 2. The lowest BCUT2D eigenvalue weighted by molar-refractivity contribution is 0.0259. The Morgan fingerprint density at radius 3 is 2.67 bits per heavy atom. The van der Waals surface area contributed by atoms with Crippen molar-refractivity contribution >= 4 is 0 Å². The van der Waals surface area contributed by atoms with Crippen LogP contribution < -0.4 is 5.32 Å². The van der Waals surface area contributed by atoms with E-state index in [0.29, 0.717) is 6.10 Å². The molecule has 0 bridgehead atoms. The molecule has 2 heteroatoms. The average Bonchev–Trinajstić information content (AvgIpc) is 2.28. The molecule has 1 rings (SSSR count). The van der Waals surface area contributed by atoms with Crippen molar-refractivity contribution in [2.45, 2.75) is 57.6 Å². The molecule has 0 unspecified atom stereocenters. The predicted octanol–water partition coefficient (Wildman–Crippen LogP) is 2.34. The van der Waals surface area contributed by atoms with E-state index in [9.17, 15) is 0 Å². The van der Waals surface area contributed by atoms with Gasteiger partial charge in [0.15, 0.2) is 0 Å². The van der Waals surface area contributed by atoms with Crippen molar-refractivity contribution in [1.82, 2.24) is 5.32 Å². The van der Waals surface area contributed by atoms with Gasteiger partial charge in [0, 0.05) is 12.5 Å². The molecule has 0 amide bonds. The SMILES string of the molecule is C#CCCOC1CCC(NCCC)CC1. The largest absolute Gasteiger partial charge is 0.377 e. The molecule has 0 heterocycles. The lowest BCUT2D eigenvalue weighted by atomic mass is 9.93. The van der Waals surface area contributed by atoms with Crippen molar-refractivity contribution in [1.29, 1.82) is 0 Å². The Hall–Kier alpha value is -0.520. The van der Waals surface area contributed by atoms with Gasteiger partial charge in [0.05, 0.1) is 12.7 Å². The van der Waals surface area contributed by atoms with Crippen molar-refractivity contribution in [3.05, 3.63) is 0 Å². The number of ether oxygens (including phenoxy) is 1. The summed E-state index contributed by atoms with van der Waals surface area (Å²) in [6, 6.07) is 0.720. The molecule has 0 aromatic rings. The first-order chi connectivity index (χ1) is 7.36. The number of nitrogens with one attached hydrogen (secondary N) is 1. The third-order valence-corrected chi connectivity index (χ3v) is 2.96. The maximum atomic E-state index is 5.71. The molecule has 0 spiro atoms. The molecular formula is C13H23NO. The van der Waals surface area contributed by atoms with Crippen molar-refractivity contribution in [2.24, 2.45) is 0 Å². The molecule has 0 radical (unpaired) electrons. The lowest BCUT2D eigenvalue weighted by Gasteiger charge is -2.29. The monoisotopic (exact) mass is 209 g/mol. The molecule has 1 aliphatic carbocycles. The van der Waals surface area contributed by atoms with Crippen LogP contribution in [0.25, 0.3) is 0 Å². The molecule has 0 aromatic heterocycles. The molecule has 1 N–H and O–H groups in total. The third kappa shape index (κ3) is 5.20. The van der Waals surface area contributed by atoms with Gasteiger partial charge in [-0.15, -0.1) is 12.3 Å². The van der Waals surface area contributed by atoms with Crippen LogP contribution >= 0.6 is 0 Å². The topological polar surface area (TPSA) is 21.3 Å². The van der Waals surface area contributed by atoms with E-state index >= 15 is 0 Å². The molecular weight excluding hydrogens is 186 g/mol. The summed E-state index contributed by atoms with van der Waals surface area (Å²) in [5, 5.41) is 3.57. The first-order valence-electron chi connectivity index (χ1n) is 6.15. The minimum Gasteiger partial charge on any atom is -0.377 e. The Bertz CT molecular complexity index is 189.